The number of rotatable bonds is 5. The molecule has 4 heterocycles. The number of fused-ring (bicyclic) bond motifs is 3. The van der Waals surface area contributed by atoms with Crippen molar-refractivity contribution in [3.05, 3.63) is 78.4 Å². The Kier molecular flexibility index (Phi) is 3.82. The third kappa shape index (κ3) is 2.00. The Morgan fingerprint density at radius 1 is 1.14 bits per heavy atom. The number of esters is 1. The highest BCUT2D eigenvalue weighted by molar-refractivity contribution is 6.18. The lowest BCUT2D eigenvalue weighted by Gasteiger charge is -2.48. The predicted molar refractivity (Wildman–Crippen MR) is 126 cm³/mol. The van der Waals surface area contributed by atoms with Crippen LogP contribution in [0.25, 0.3) is 0 Å². The molecule has 5 aliphatic rings. The Morgan fingerprint density at radius 3 is 2.57 bits per heavy atom. The van der Waals surface area contributed by atoms with E-state index < -0.39 is 34.2 Å². The average Bonchev–Trinajstić information content (AvgIpc) is 3.45. The monoisotopic (exact) mass is 470 g/mol. The molecule has 35 heavy (non-hydrogen) atoms. The summed E-state index contributed by atoms with van der Waals surface area (Å²) in [5.41, 5.74) is -2.10. The second-order valence-corrected chi connectivity index (χ2v) is 10.4. The molecule has 4 atom stereocenters. The van der Waals surface area contributed by atoms with Crippen molar-refractivity contribution in [2.75, 3.05) is 18.5 Å². The number of anilines is 1. The maximum absolute atomic E-state index is 14.3. The number of benzene rings is 2. The van der Waals surface area contributed by atoms with Crippen LogP contribution in [0.1, 0.15) is 30.4 Å². The zero-order valence-corrected chi connectivity index (χ0v) is 19.5. The molecule has 0 aromatic heterocycles. The number of ether oxygens (including phenoxy) is 2. The number of likely N-dealkylation sites (tertiary alicyclic amines) is 1. The summed E-state index contributed by atoms with van der Waals surface area (Å²) in [7, 11) is 1.88. The number of hydrogen-bond acceptors (Lipinski definition) is 6. The second kappa shape index (κ2) is 6.40. The van der Waals surface area contributed by atoms with Gasteiger partial charge in [-0.05, 0) is 30.0 Å². The second-order valence-electron chi connectivity index (χ2n) is 10.4. The van der Waals surface area contributed by atoms with E-state index in [4.69, 9.17) is 9.47 Å². The van der Waals surface area contributed by atoms with Gasteiger partial charge in [-0.3, -0.25) is 9.59 Å². The summed E-state index contributed by atoms with van der Waals surface area (Å²) in [6.45, 7) is 4.16. The Hall–Kier alpha value is -3.45. The fourth-order valence-electron chi connectivity index (χ4n) is 7.85. The van der Waals surface area contributed by atoms with Crippen molar-refractivity contribution in [1.82, 2.24) is 4.90 Å². The van der Waals surface area contributed by atoms with Crippen LogP contribution in [0.2, 0.25) is 0 Å². The van der Waals surface area contributed by atoms with Gasteiger partial charge < -0.3 is 19.3 Å². The van der Waals surface area contributed by atoms with Gasteiger partial charge in [0, 0.05) is 25.7 Å². The maximum atomic E-state index is 14.3. The van der Waals surface area contributed by atoms with Crippen LogP contribution in [0.4, 0.5) is 5.69 Å². The molecule has 7 heteroatoms. The fourth-order valence-corrected chi connectivity index (χ4v) is 7.85. The van der Waals surface area contributed by atoms with Gasteiger partial charge in [-0.2, -0.15) is 0 Å². The van der Waals surface area contributed by atoms with Crippen molar-refractivity contribution in [2.24, 2.45) is 5.41 Å². The topological polar surface area (TPSA) is 76.2 Å². The van der Waals surface area contributed by atoms with E-state index in [1.54, 1.807) is 11.0 Å². The average molecular weight is 471 g/mol. The molecule has 2 bridgehead atoms. The van der Waals surface area contributed by atoms with Crippen molar-refractivity contribution in [3.8, 4) is 0 Å². The van der Waals surface area contributed by atoms with Gasteiger partial charge in [0.05, 0.1) is 16.9 Å². The highest BCUT2D eigenvalue weighted by atomic mass is 16.6. The van der Waals surface area contributed by atoms with E-state index in [0.717, 1.165) is 16.8 Å². The molecule has 3 spiro atoms. The van der Waals surface area contributed by atoms with Crippen LogP contribution in [0.5, 0.6) is 0 Å². The van der Waals surface area contributed by atoms with E-state index in [9.17, 15) is 14.4 Å². The normalized spacial score (nSPS) is 34.7. The molecule has 4 aliphatic heterocycles. The molecule has 7 nitrogen and oxygen atoms in total. The third-order valence-electron chi connectivity index (χ3n) is 9.03. The number of para-hydroxylation sites is 1. The van der Waals surface area contributed by atoms with Crippen LogP contribution >= 0.6 is 0 Å². The van der Waals surface area contributed by atoms with Gasteiger partial charge in [0.1, 0.15) is 6.61 Å². The van der Waals surface area contributed by atoms with E-state index in [-0.39, 0.29) is 31.3 Å². The van der Waals surface area contributed by atoms with Crippen molar-refractivity contribution in [2.45, 2.75) is 48.7 Å². The first kappa shape index (κ1) is 20.9. The lowest BCUT2D eigenvalue weighted by atomic mass is 9.55. The first-order valence-corrected chi connectivity index (χ1v) is 12.1. The Bertz CT molecular complexity index is 1320. The zero-order valence-electron chi connectivity index (χ0n) is 19.5. The molecule has 7 rings (SSSR count). The van der Waals surface area contributed by atoms with Crippen LogP contribution in [-0.4, -0.2) is 53.5 Å². The maximum Gasteiger partial charge on any atom is 0.348 e. The number of Topliss-reactive ketones (excluding diaryl/α,β-unsaturated/α-hetero) is 1. The summed E-state index contributed by atoms with van der Waals surface area (Å²) in [6, 6.07) is 16.6. The van der Waals surface area contributed by atoms with E-state index in [1.165, 1.54) is 0 Å². The van der Waals surface area contributed by atoms with Gasteiger partial charge in [-0.15, -0.1) is 6.58 Å². The number of hydrogen-bond donors (Lipinski definition) is 0. The lowest BCUT2D eigenvalue weighted by molar-refractivity contribution is -0.191. The van der Waals surface area contributed by atoms with Crippen LogP contribution in [-0.2, 0) is 35.9 Å². The van der Waals surface area contributed by atoms with E-state index in [0.29, 0.717) is 12.8 Å². The minimum atomic E-state index is -1.81. The Morgan fingerprint density at radius 2 is 1.86 bits per heavy atom. The summed E-state index contributed by atoms with van der Waals surface area (Å²) in [4.78, 5) is 45.6. The minimum Gasteiger partial charge on any atom is -0.458 e. The first-order valence-electron chi connectivity index (χ1n) is 12.1. The van der Waals surface area contributed by atoms with Crippen molar-refractivity contribution >= 4 is 23.3 Å². The van der Waals surface area contributed by atoms with Crippen LogP contribution in [0, 0.1) is 5.41 Å². The molecule has 4 fully saturated rings. The highest BCUT2D eigenvalue weighted by Crippen LogP contribution is 2.81. The third-order valence-corrected chi connectivity index (χ3v) is 9.03. The van der Waals surface area contributed by atoms with Gasteiger partial charge in [-0.1, -0.05) is 54.6 Å². The number of carbonyl (C=O) groups is 3. The van der Waals surface area contributed by atoms with Crippen LogP contribution in [0.15, 0.2) is 67.3 Å². The standard InChI is InChI=1S/C28H26N2O5/c1-3-15-30-21(31)16-26-19-11-7-8-12-20(19)29(2)22(26)27(23(32)25(13-14-25)28(26,30)35-27)24(33)34-17-18-9-5-4-6-10-18/h3-12,22H,1,13-17H2,2H3/t22-,26+,27+,28+/m1/s1. The largest absolute Gasteiger partial charge is 0.458 e. The Labute approximate surface area is 203 Å². The van der Waals surface area contributed by atoms with Gasteiger partial charge in [0.2, 0.25) is 11.5 Å². The summed E-state index contributed by atoms with van der Waals surface area (Å²) < 4.78 is 12.6. The molecule has 1 aliphatic carbocycles. The number of carbonyl (C=O) groups excluding carboxylic acids is 3. The predicted octanol–water partition coefficient (Wildman–Crippen LogP) is 2.73. The van der Waals surface area contributed by atoms with Gasteiger partial charge in [0.25, 0.3) is 0 Å². The van der Waals surface area contributed by atoms with Gasteiger partial charge >= 0.3 is 5.97 Å². The molecule has 2 aromatic rings. The molecule has 1 saturated carbocycles. The SMILES string of the molecule is C=CCN1C(=O)C[C@]23c4ccccc4N(C)[C@H]2[C@]2(C(=O)OCc4ccccc4)O[C@]13C1(CC1)C2=O. The molecule has 0 radical (unpaired) electrons. The zero-order chi connectivity index (χ0) is 24.2. The quantitative estimate of drug-likeness (QED) is 0.380. The molecule has 2 aromatic carbocycles. The van der Waals surface area contributed by atoms with Gasteiger partial charge in [0.15, 0.2) is 11.5 Å². The van der Waals surface area contributed by atoms with Crippen molar-refractivity contribution in [3.63, 3.8) is 0 Å². The molecule has 0 unspecified atom stereocenters. The molecule has 178 valence electrons. The van der Waals surface area contributed by atoms with Crippen LogP contribution < -0.4 is 4.90 Å². The molecule has 0 N–H and O–H groups in total. The number of nitrogens with zero attached hydrogens (tertiary/aromatic N) is 2. The molecule has 3 saturated heterocycles. The summed E-state index contributed by atoms with van der Waals surface area (Å²) >= 11 is 0. The van der Waals surface area contributed by atoms with E-state index >= 15 is 0 Å². The van der Waals surface area contributed by atoms with E-state index in [1.807, 2.05) is 66.5 Å². The van der Waals surface area contributed by atoms with Crippen molar-refractivity contribution in [1.29, 1.82) is 0 Å². The van der Waals surface area contributed by atoms with Crippen LogP contribution in [0.3, 0.4) is 0 Å². The van der Waals surface area contributed by atoms with E-state index in [2.05, 4.69) is 6.58 Å². The Balaban J connectivity index is 1.44. The lowest BCUT2D eigenvalue weighted by Crippen LogP contribution is -2.70. The highest BCUT2D eigenvalue weighted by Gasteiger charge is 2.98. The smallest absolute Gasteiger partial charge is 0.348 e. The number of amides is 1. The summed E-state index contributed by atoms with van der Waals surface area (Å²) in [5.74, 6) is -0.988. The summed E-state index contributed by atoms with van der Waals surface area (Å²) in [5, 5.41) is 0. The molecule has 1 amide bonds. The number of ketones is 1. The first-order chi connectivity index (χ1) is 16.9. The molecular formula is C28H26N2O5. The van der Waals surface area contributed by atoms with Gasteiger partial charge in [-0.25, -0.2) is 4.79 Å². The fraction of sp³-hybridized carbons (Fsp3) is 0.393. The molecular weight excluding hydrogens is 444 g/mol. The summed E-state index contributed by atoms with van der Waals surface area (Å²) in [6.07, 6.45) is 3.01. The minimum absolute atomic E-state index is 0.0454. The van der Waals surface area contributed by atoms with Crippen molar-refractivity contribution < 1.29 is 23.9 Å². The number of likely N-dealkylation sites (N-methyl/N-ethyl adjacent to an activating group) is 1.